The SMILES string of the molecule is COC(=O)CCc1ccc(C#Cc2cccc(OC(F)(F)F)c2)cc1. The van der Waals surface area contributed by atoms with E-state index < -0.39 is 6.36 Å². The summed E-state index contributed by atoms with van der Waals surface area (Å²) < 4.78 is 45.1. The van der Waals surface area contributed by atoms with Crippen LogP contribution in [0.5, 0.6) is 5.75 Å². The first-order valence-corrected chi connectivity index (χ1v) is 7.39. The Morgan fingerprint density at radius 1 is 1.04 bits per heavy atom. The van der Waals surface area contributed by atoms with E-state index in [2.05, 4.69) is 21.3 Å². The third kappa shape index (κ3) is 6.60. The first kappa shape index (κ1) is 18.4. The van der Waals surface area contributed by atoms with Crippen LogP contribution in [-0.2, 0) is 16.0 Å². The van der Waals surface area contributed by atoms with Crippen LogP contribution >= 0.6 is 0 Å². The predicted octanol–water partition coefficient (Wildman–Crippen LogP) is 4.09. The maximum Gasteiger partial charge on any atom is 0.573 e. The van der Waals surface area contributed by atoms with Gasteiger partial charge in [0.05, 0.1) is 7.11 Å². The summed E-state index contributed by atoms with van der Waals surface area (Å²) in [6.07, 6.45) is -3.86. The van der Waals surface area contributed by atoms with Crippen LogP contribution in [0, 0.1) is 11.8 Å². The number of benzene rings is 2. The summed E-state index contributed by atoms with van der Waals surface area (Å²) in [5.74, 6) is 5.09. The van der Waals surface area contributed by atoms with Crippen molar-refractivity contribution in [2.75, 3.05) is 7.11 Å². The van der Waals surface area contributed by atoms with Crippen LogP contribution in [0.1, 0.15) is 23.1 Å². The second-order valence-electron chi connectivity index (χ2n) is 5.10. The van der Waals surface area contributed by atoms with Crippen molar-refractivity contribution in [3.05, 3.63) is 65.2 Å². The van der Waals surface area contributed by atoms with E-state index in [1.807, 2.05) is 12.1 Å². The second kappa shape index (κ2) is 8.25. The van der Waals surface area contributed by atoms with Crippen LogP contribution in [0.25, 0.3) is 0 Å². The highest BCUT2D eigenvalue weighted by Gasteiger charge is 2.31. The lowest BCUT2D eigenvalue weighted by molar-refractivity contribution is -0.274. The van der Waals surface area contributed by atoms with Gasteiger partial charge in [0.2, 0.25) is 0 Å². The van der Waals surface area contributed by atoms with Crippen molar-refractivity contribution in [1.82, 2.24) is 0 Å². The zero-order chi connectivity index (χ0) is 18.3. The van der Waals surface area contributed by atoms with Gasteiger partial charge in [-0.1, -0.05) is 30.0 Å². The average molecular weight is 348 g/mol. The number of carbonyl (C=O) groups excluding carboxylic acids is 1. The van der Waals surface area contributed by atoms with E-state index in [1.165, 1.54) is 25.3 Å². The van der Waals surface area contributed by atoms with E-state index in [0.29, 0.717) is 24.0 Å². The van der Waals surface area contributed by atoms with Gasteiger partial charge >= 0.3 is 12.3 Å². The molecule has 25 heavy (non-hydrogen) atoms. The van der Waals surface area contributed by atoms with Crippen molar-refractivity contribution >= 4 is 5.97 Å². The molecule has 2 rings (SSSR count). The lowest BCUT2D eigenvalue weighted by atomic mass is 10.1. The molecule has 0 aliphatic rings. The van der Waals surface area contributed by atoms with Crippen molar-refractivity contribution in [2.45, 2.75) is 19.2 Å². The summed E-state index contributed by atoms with van der Waals surface area (Å²) >= 11 is 0. The fourth-order valence-corrected chi connectivity index (χ4v) is 2.02. The van der Waals surface area contributed by atoms with E-state index >= 15 is 0 Å². The van der Waals surface area contributed by atoms with Crippen LogP contribution in [-0.4, -0.2) is 19.4 Å². The molecule has 130 valence electrons. The van der Waals surface area contributed by atoms with Crippen LogP contribution in [0.4, 0.5) is 13.2 Å². The number of halogens is 3. The molecule has 0 unspecified atom stereocenters. The summed E-state index contributed by atoms with van der Waals surface area (Å²) in [7, 11) is 1.34. The number of carbonyl (C=O) groups is 1. The second-order valence-corrected chi connectivity index (χ2v) is 5.10. The summed E-state index contributed by atoms with van der Waals surface area (Å²) in [4.78, 5) is 11.1. The largest absolute Gasteiger partial charge is 0.573 e. The highest BCUT2D eigenvalue weighted by atomic mass is 19.4. The molecule has 3 nitrogen and oxygen atoms in total. The molecule has 0 aromatic heterocycles. The monoisotopic (exact) mass is 348 g/mol. The fraction of sp³-hybridized carbons (Fsp3) is 0.211. The molecule has 0 aliphatic carbocycles. The van der Waals surface area contributed by atoms with Gasteiger partial charge < -0.3 is 9.47 Å². The van der Waals surface area contributed by atoms with Crippen molar-refractivity contribution < 1.29 is 27.4 Å². The summed E-state index contributed by atoms with van der Waals surface area (Å²) in [5, 5.41) is 0. The van der Waals surface area contributed by atoms with Gasteiger partial charge in [-0.05, 0) is 42.3 Å². The Morgan fingerprint density at radius 3 is 2.36 bits per heavy atom. The number of ether oxygens (including phenoxy) is 2. The minimum absolute atomic E-state index is 0.273. The molecule has 0 bridgehead atoms. The maximum absolute atomic E-state index is 12.2. The lowest BCUT2D eigenvalue weighted by Crippen LogP contribution is -2.17. The molecule has 0 N–H and O–H groups in total. The third-order valence-electron chi connectivity index (χ3n) is 3.22. The number of aryl methyl sites for hydroxylation is 1. The third-order valence-corrected chi connectivity index (χ3v) is 3.22. The molecular weight excluding hydrogens is 333 g/mol. The number of alkyl halides is 3. The number of hydrogen-bond donors (Lipinski definition) is 0. The molecule has 0 aliphatic heterocycles. The highest BCUT2D eigenvalue weighted by Crippen LogP contribution is 2.23. The molecule has 2 aromatic rings. The van der Waals surface area contributed by atoms with Crippen molar-refractivity contribution in [2.24, 2.45) is 0 Å². The van der Waals surface area contributed by atoms with Crippen LogP contribution in [0.3, 0.4) is 0 Å². The summed E-state index contributed by atoms with van der Waals surface area (Å²) in [5.41, 5.74) is 2.09. The Bertz CT molecular complexity index is 784. The van der Waals surface area contributed by atoms with Crippen molar-refractivity contribution in [3.8, 4) is 17.6 Å². The van der Waals surface area contributed by atoms with Crippen molar-refractivity contribution in [3.63, 3.8) is 0 Å². The van der Waals surface area contributed by atoms with E-state index in [0.717, 1.165) is 5.56 Å². The van der Waals surface area contributed by atoms with E-state index in [-0.39, 0.29) is 11.7 Å². The minimum atomic E-state index is -4.73. The molecule has 0 saturated heterocycles. The highest BCUT2D eigenvalue weighted by molar-refractivity contribution is 5.69. The van der Waals surface area contributed by atoms with E-state index in [4.69, 9.17) is 0 Å². The van der Waals surface area contributed by atoms with Crippen LogP contribution < -0.4 is 4.74 Å². The van der Waals surface area contributed by atoms with Gasteiger partial charge in [-0.25, -0.2) is 0 Å². The average Bonchev–Trinajstić information content (AvgIpc) is 2.57. The normalized spacial score (nSPS) is 10.6. The predicted molar refractivity (Wildman–Crippen MR) is 85.9 cm³/mol. The first-order valence-electron chi connectivity index (χ1n) is 7.39. The van der Waals surface area contributed by atoms with Crippen molar-refractivity contribution in [1.29, 1.82) is 0 Å². The van der Waals surface area contributed by atoms with Gasteiger partial charge in [0, 0.05) is 17.5 Å². The zero-order valence-corrected chi connectivity index (χ0v) is 13.4. The Hall–Kier alpha value is -2.94. The Morgan fingerprint density at radius 2 is 1.72 bits per heavy atom. The van der Waals surface area contributed by atoms with Gasteiger partial charge in [-0.15, -0.1) is 13.2 Å². The Labute approximate surface area is 143 Å². The van der Waals surface area contributed by atoms with E-state index in [9.17, 15) is 18.0 Å². The Balaban J connectivity index is 2.03. The van der Waals surface area contributed by atoms with E-state index in [1.54, 1.807) is 18.2 Å². The van der Waals surface area contributed by atoms with Crippen LogP contribution in [0.2, 0.25) is 0 Å². The molecule has 0 amide bonds. The minimum Gasteiger partial charge on any atom is -0.469 e. The number of rotatable bonds is 4. The zero-order valence-electron chi connectivity index (χ0n) is 13.4. The Kier molecular flexibility index (Phi) is 6.07. The fourth-order valence-electron chi connectivity index (χ4n) is 2.02. The summed E-state index contributed by atoms with van der Waals surface area (Å²) in [6, 6.07) is 12.7. The number of esters is 1. The quantitative estimate of drug-likeness (QED) is 0.617. The molecule has 2 aromatic carbocycles. The lowest BCUT2D eigenvalue weighted by Gasteiger charge is -2.08. The van der Waals surface area contributed by atoms with Gasteiger partial charge in [0.15, 0.2) is 0 Å². The molecular formula is C19H15F3O3. The molecule has 0 fully saturated rings. The summed E-state index contributed by atoms with van der Waals surface area (Å²) in [6.45, 7) is 0. The van der Waals surface area contributed by atoms with Gasteiger partial charge in [0.1, 0.15) is 5.75 Å². The van der Waals surface area contributed by atoms with Gasteiger partial charge in [-0.2, -0.15) is 0 Å². The molecule has 0 atom stereocenters. The molecule has 0 saturated carbocycles. The first-order chi connectivity index (χ1) is 11.9. The standard InChI is InChI=1S/C19H15F3O3/c1-24-18(23)12-11-15-7-5-14(6-8-15)9-10-16-3-2-4-17(13-16)25-19(20,21)22/h2-8,13H,11-12H2,1H3. The van der Waals surface area contributed by atoms with Crippen LogP contribution in [0.15, 0.2) is 48.5 Å². The van der Waals surface area contributed by atoms with Gasteiger partial charge in [0.25, 0.3) is 0 Å². The van der Waals surface area contributed by atoms with Gasteiger partial charge in [-0.3, -0.25) is 4.79 Å². The number of hydrogen-bond acceptors (Lipinski definition) is 3. The molecule has 0 heterocycles. The molecule has 0 spiro atoms. The maximum atomic E-state index is 12.2. The smallest absolute Gasteiger partial charge is 0.469 e. The molecule has 6 heteroatoms. The number of methoxy groups -OCH3 is 1. The molecule has 0 radical (unpaired) electrons. The topological polar surface area (TPSA) is 35.5 Å².